The average Bonchev–Trinajstić information content (AvgIpc) is 2.77. The summed E-state index contributed by atoms with van der Waals surface area (Å²) in [5.41, 5.74) is 0.416. The van der Waals surface area contributed by atoms with Crippen molar-refractivity contribution < 1.29 is 13.5 Å². The maximum Gasteiger partial charge on any atom is 0.129 e. The highest BCUT2D eigenvalue weighted by atomic mass is 19.1. The molecule has 0 bridgehead atoms. The van der Waals surface area contributed by atoms with Crippen LogP contribution >= 0.6 is 0 Å². The van der Waals surface area contributed by atoms with E-state index in [2.05, 4.69) is 12.2 Å². The molecule has 0 radical (unpaired) electrons. The summed E-state index contributed by atoms with van der Waals surface area (Å²) in [5, 5.41) is 3.35. The molecule has 2 nitrogen and oxygen atoms in total. The van der Waals surface area contributed by atoms with E-state index in [-0.39, 0.29) is 5.41 Å². The van der Waals surface area contributed by atoms with Gasteiger partial charge in [0.05, 0.1) is 6.61 Å². The summed E-state index contributed by atoms with van der Waals surface area (Å²) in [6.45, 7) is 4.25. The summed E-state index contributed by atoms with van der Waals surface area (Å²) < 4.78 is 32.4. The molecule has 0 spiro atoms. The van der Waals surface area contributed by atoms with E-state index in [1.165, 1.54) is 6.07 Å². The van der Waals surface area contributed by atoms with Crippen LogP contribution < -0.4 is 5.32 Å². The lowest BCUT2D eigenvalue weighted by Gasteiger charge is -2.35. The number of halogens is 2. The van der Waals surface area contributed by atoms with E-state index in [1.807, 2.05) is 0 Å². The van der Waals surface area contributed by atoms with Gasteiger partial charge in [-0.2, -0.15) is 0 Å². The maximum absolute atomic E-state index is 14.2. The van der Waals surface area contributed by atoms with E-state index in [1.54, 1.807) is 13.2 Å². The van der Waals surface area contributed by atoms with Gasteiger partial charge in [-0.15, -0.1) is 0 Å². The molecular formula is C16H23F2NO. The van der Waals surface area contributed by atoms with Crippen molar-refractivity contribution in [3.8, 4) is 0 Å². The van der Waals surface area contributed by atoms with Crippen LogP contribution in [0.25, 0.3) is 0 Å². The fourth-order valence-electron chi connectivity index (χ4n) is 3.38. The Kier molecular flexibility index (Phi) is 5.11. The van der Waals surface area contributed by atoms with Crippen molar-refractivity contribution in [3.63, 3.8) is 0 Å². The van der Waals surface area contributed by atoms with Gasteiger partial charge in [0.15, 0.2) is 0 Å². The largest absolute Gasteiger partial charge is 0.383 e. The Hall–Kier alpha value is -1.00. The Morgan fingerprint density at radius 2 is 2.20 bits per heavy atom. The molecule has 0 aromatic heterocycles. The number of methoxy groups -OCH3 is 1. The molecule has 20 heavy (non-hydrogen) atoms. The third-order valence-electron chi connectivity index (χ3n) is 4.59. The fourth-order valence-corrected chi connectivity index (χ4v) is 3.38. The van der Waals surface area contributed by atoms with E-state index in [0.717, 1.165) is 31.9 Å². The monoisotopic (exact) mass is 283 g/mol. The van der Waals surface area contributed by atoms with Gasteiger partial charge in [0.1, 0.15) is 11.6 Å². The second kappa shape index (κ2) is 6.64. The van der Waals surface area contributed by atoms with Crippen LogP contribution in [-0.4, -0.2) is 26.8 Å². The number of benzene rings is 1. The van der Waals surface area contributed by atoms with E-state index in [0.29, 0.717) is 24.6 Å². The predicted molar refractivity (Wildman–Crippen MR) is 75.8 cm³/mol. The van der Waals surface area contributed by atoms with Crippen LogP contribution in [-0.2, 0) is 10.2 Å². The number of nitrogens with one attached hydrogen (secondary N) is 1. The highest BCUT2D eigenvalue weighted by molar-refractivity contribution is 5.30. The Labute approximate surface area is 119 Å². The fraction of sp³-hybridized carbons (Fsp3) is 0.625. The number of hydrogen-bond donors (Lipinski definition) is 1. The highest BCUT2D eigenvalue weighted by Crippen LogP contribution is 2.46. The topological polar surface area (TPSA) is 21.3 Å². The number of hydrogen-bond acceptors (Lipinski definition) is 2. The van der Waals surface area contributed by atoms with Gasteiger partial charge in [0, 0.05) is 31.7 Å². The Balaban J connectivity index is 2.22. The minimum atomic E-state index is -0.514. The molecule has 1 fully saturated rings. The summed E-state index contributed by atoms with van der Waals surface area (Å²) in [6.07, 6.45) is 3.11. The first-order valence-electron chi connectivity index (χ1n) is 7.25. The molecule has 0 aliphatic heterocycles. The summed E-state index contributed by atoms with van der Waals surface area (Å²) in [6, 6.07) is 3.97. The lowest BCUT2D eigenvalue weighted by molar-refractivity contribution is 0.193. The molecule has 0 amide bonds. The standard InChI is InChI=1S/C16H23F2NO/c1-12-4-3-7-16(12,11-19-8-9-20-2)14-6-5-13(17)10-15(14)18/h5-6,10,12,19H,3-4,7-9,11H2,1-2H3. The minimum Gasteiger partial charge on any atom is -0.383 e. The highest BCUT2D eigenvalue weighted by Gasteiger charge is 2.42. The normalized spacial score (nSPS) is 26.1. The molecule has 1 aromatic rings. The molecule has 0 saturated heterocycles. The molecule has 1 aromatic carbocycles. The second-order valence-corrected chi connectivity index (χ2v) is 5.74. The lowest BCUT2D eigenvalue weighted by atomic mass is 9.72. The van der Waals surface area contributed by atoms with Crippen molar-refractivity contribution in [2.75, 3.05) is 26.8 Å². The van der Waals surface area contributed by atoms with Crippen molar-refractivity contribution in [3.05, 3.63) is 35.4 Å². The Bertz CT molecular complexity index is 452. The molecule has 2 unspecified atom stereocenters. The number of ether oxygens (including phenoxy) is 1. The van der Waals surface area contributed by atoms with Crippen LogP contribution in [0.1, 0.15) is 31.7 Å². The average molecular weight is 283 g/mol. The molecule has 1 aliphatic rings. The van der Waals surface area contributed by atoms with Crippen LogP contribution in [0.5, 0.6) is 0 Å². The van der Waals surface area contributed by atoms with Gasteiger partial charge in [-0.3, -0.25) is 0 Å². The van der Waals surface area contributed by atoms with Gasteiger partial charge < -0.3 is 10.1 Å². The SMILES string of the molecule is COCCNCC1(c2ccc(F)cc2F)CCCC1C. The third-order valence-corrected chi connectivity index (χ3v) is 4.59. The van der Waals surface area contributed by atoms with E-state index < -0.39 is 11.6 Å². The van der Waals surface area contributed by atoms with E-state index >= 15 is 0 Å². The van der Waals surface area contributed by atoms with Gasteiger partial charge in [-0.25, -0.2) is 8.78 Å². The predicted octanol–water partition coefficient (Wildman–Crippen LogP) is 3.26. The molecule has 2 atom stereocenters. The van der Waals surface area contributed by atoms with Crippen LogP contribution in [0, 0.1) is 17.6 Å². The zero-order valence-electron chi connectivity index (χ0n) is 12.2. The van der Waals surface area contributed by atoms with Gasteiger partial charge >= 0.3 is 0 Å². The molecule has 1 N–H and O–H groups in total. The summed E-state index contributed by atoms with van der Waals surface area (Å²) in [4.78, 5) is 0. The quantitative estimate of drug-likeness (QED) is 0.809. The second-order valence-electron chi connectivity index (χ2n) is 5.74. The lowest BCUT2D eigenvalue weighted by Crippen LogP contribution is -2.42. The van der Waals surface area contributed by atoms with E-state index in [9.17, 15) is 8.78 Å². The van der Waals surface area contributed by atoms with Gasteiger partial charge in [0.25, 0.3) is 0 Å². The summed E-state index contributed by atoms with van der Waals surface area (Å²) in [5.74, 6) is -0.552. The van der Waals surface area contributed by atoms with Crippen LogP contribution in [0.2, 0.25) is 0 Å². The van der Waals surface area contributed by atoms with Gasteiger partial charge in [-0.05, 0) is 30.4 Å². The van der Waals surface area contributed by atoms with Gasteiger partial charge in [0.2, 0.25) is 0 Å². The molecule has 4 heteroatoms. The van der Waals surface area contributed by atoms with Crippen LogP contribution in [0.4, 0.5) is 8.78 Å². The summed E-state index contributed by atoms with van der Waals surface area (Å²) in [7, 11) is 1.66. The molecule has 2 rings (SSSR count). The first-order chi connectivity index (χ1) is 9.60. The van der Waals surface area contributed by atoms with Crippen molar-refractivity contribution in [1.82, 2.24) is 5.32 Å². The zero-order chi connectivity index (χ0) is 14.6. The Morgan fingerprint density at radius 1 is 1.40 bits per heavy atom. The molecule has 1 aliphatic carbocycles. The zero-order valence-corrected chi connectivity index (χ0v) is 12.2. The minimum absolute atomic E-state index is 0.231. The third kappa shape index (κ3) is 3.01. The van der Waals surface area contributed by atoms with Crippen molar-refractivity contribution >= 4 is 0 Å². The first kappa shape index (κ1) is 15.4. The maximum atomic E-state index is 14.2. The van der Waals surface area contributed by atoms with Crippen molar-refractivity contribution in [1.29, 1.82) is 0 Å². The molecule has 112 valence electrons. The van der Waals surface area contributed by atoms with Crippen LogP contribution in [0.15, 0.2) is 18.2 Å². The van der Waals surface area contributed by atoms with Crippen LogP contribution in [0.3, 0.4) is 0 Å². The molecule has 1 saturated carbocycles. The van der Waals surface area contributed by atoms with Crippen molar-refractivity contribution in [2.45, 2.75) is 31.6 Å². The molecular weight excluding hydrogens is 260 g/mol. The first-order valence-corrected chi connectivity index (χ1v) is 7.25. The van der Waals surface area contributed by atoms with Crippen molar-refractivity contribution in [2.24, 2.45) is 5.92 Å². The smallest absolute Gasteiger partial charge is 0.129 e. The number of rotatable bonds is 6. The Morgan fingerprint density at radius 3 is 2.80 bits per heavy atom. The van der Waals surface area contributed by atoms with E-state index in [4.69, 9.17) is 4.74 Å². The molecule has 0 heterocycles. The summed E-state index contributed by atoms with van der Waals surface area (Å²) >= 11 is 0. The van der Waals surface area contributed by atoms with Gasteiger partial charge in [-0.1, -0.05) is 19.4 Å².